The van der Waals surface area contributed by atoms with Crippen LogP contribution in [0.3, 0.4) is 0 Å². The van der Waals surface area contributed by atoms with E-state index in [1.807, 2.05) is 0 Å². The second-order valence-corrected chi connectivity index (χ2v) is 2.80. The standard InChI is InChI=1S/C10H11NO4/c1-6(12)9-7(10(13)15-3)4-5-8(11-9)14-2/h4-5H,1-3H3. The zero-order valence-corrected chi connectivity index (χ0v) is 8.73. The molecule has 0 bridgehead atoms. The summed E-state index contributed by atoms with van der Waals surface area (Å²) in [7, 11) is 2.68. The molecule has 15 heavy (non-hydrogen) atoms. The highest BCUT2D eigenvalue weighted by Crippen LogP contribution is 2.14. The van der Waals surface area contributed by atoms with E-state index < -0.39 is 5.97 Å². The van der Waals surface area contributed by atoms with Crippen molar-refractivity contribution in [2.45, 2.75) is 6.92 Å². The first kappa shape index (κ1) is 11.2. The van der Waals surface area contributed by atoms with Gasteiger partial charge in [-0.05, 0) is 6.07 Å². The first-order valence-corrected chi connectivity index (χ1v) is 4.24. The number of aromatic nitrogens is 1. The van der Waals surface area contributed by atoms with Crippen molar-refractivity contribution < 1.29 is 19.1 Å². The number of carbonyl (C=O) groups excluding carboxylic acids is 2. The molecule has 0 saturated carbocycles. The van der Waals surface area contributed by atoms with Gasteiger partial charge >= 0.3 is 5.97 Å². The molecule has 1 aromatic heterocycles. The van der Waals surface area contributed by atoms with Crippen molar-refractivity contribution in [1.82, 2.24) is 4.98 Å². The topological polar surface area (TPSA) is 65.5 Å². The molecule has 5 nitrogen and oxygen atoms in total. The molecule has 1 rings (SSSR count). The van der Waals surface area contributed by atoms with Crippen molar-refractivity contribution in [2.24, 2.45) is 0 Å². The highest BCUT2D eigenvalue weighted by Gasteiger charge is 2.17. The van der Waals surface area contributed by atoms with Gasteiger partial charge in [0.1, 0.15) is 5.69 Å². The zero-order valence-electron chi connectivity index (χ0n) is 8.73. The van der Waals surface area contributed by atoms with Gasteiger partial charge in [0.05, 0.1) is 19.8 Å². The van der Waals surface area contributed by atoms with Crippen LogP contribution in [0, 0.1) is 0 Å². The predicted molar refractivity (Wildman–Crippen MR) is 52.1 cm³/mol. The van der Waals surface area contributed by atoms with E-state index in [1.165, 1.54) is 33.3 Å². The number of esters is 1. The Morgan fingerprint density at radius 1 is 1.27 bits per heavy atom. The minimum Gasteiger partial charge on any atom is -0.481 e. The van der Waals surface area contributed by atoms with E-state index in [2.05, 4.69) is 9.72 Å². The number of nitrogens with zero attached hydrogens (tertiary/aromatic N) is 1. The van der Waals surface area contributed by atoms with Crippen LogP contribution in [0.25, 0.3) is 0 Å². The van der Waals surface area contributed by atoms with Gasteiger partial charge in [0.25, 0.3) is 0 Å². The van der Waals surface area contributed by atoms with Gasteiger partial charge < -0.3 is 9.47 Å². The molecule has 80 valence electrons. The minimum atomic E-state index is -0.588. The molecule has 1 heterocycles. The fourth-order valence-electron chi connectivity index (χ4n) is 1.10. The Hall–Kier alpha value is -1.91. The Morgan fingerprint density at radius 2 is 1.93 bits per heavy atom. The van der Waals surface area contributed by atoms with Gasteiger partial charge in [-0.15, -0.1) is 0 Å². The first-order chi connectivity index (χ1) is 7.10. The molecule has 0 aliphatic rings. The van der Waals surface area contributed by atoms with Gasteiger partial charge in [0.15, 0.2) is 5.78 Å². The van der Waals surface area contributed by atoms with Crippen LogP contribution in [-0.2, 0) is 4.74 Å². The van der Waals surface area contributed by atoms with Gasteiger partial charge in [-0.2, -0.15) is 0 Å². The lowest BCUT2D eigenvalue weighted by Gasteiger charge is -2.05. The summed E-state index contributed by atoms with van der Waals surface area (Å²) >= 11 is 0. The summed E-state index contributed by atoms with van der Waals surface area (Å²) < 4.78 is 9.39. The predicted octanol–water partition coefficient (Wildman–Crippen LogP) is 1.08. The Kier molecular flexibility index (Phi) is 3.38. The normalized spacial score (nSPS) is 9.53. The van der Waals surface area contributed by atoms with Gasteiger partial charge in [-0.3, -0.25) is 4.79 Å². The molecule has 1 aromatic rings. The maximum absolute atomic E-state index is 11.3. The van der Waals surface area contributed by atoms with E-state index in [4.69, 9.17) is 4.74 Å². The average Bonchev–Trinajstić information content (AvgIpc) is 2.27. The molecular weight excluding hydrogens is 198 g/mol. The smallest absolute Gasteiger partial charge is 0.340 e. The summed E-state index contributed by atoms with van der Waals surface area (Å²) in [6.07, 6.45) is 0. The molecule has 0 aliphatic heterocycles. The van der Waals surface area contributed by atoms with E-state index in [-0.39, 0.29) is 22.9 Å². The molecule has 0 aromatic carbocycles. The maximum atomic E-state index is 11.3. The monoisotopic (exact) mass is 209 g/mol. The second kappa shape index (κ2) is 4.54. The summed E-state index contributed by atoms with van der Waals surface area (Å²) in [5.74, 6) is -0.613. The van der Waals surface area contributed by atoms with Crippen LogP contribution >= 0.6 is 0 Å². The first-order valence-electron chi connectivity index (χ1n) is 4.24. The molecule has 0 spiro atoms. The summed E-state index contributed by atoms with van der Waals surface area (Å²) in [5.41, 5.74) is 0.201. The molecular formula is C10H11NO4. The number of ketones is 1. The minimum absolute atomic E-state index is 0.0567. The fraction of sp³-hybridized carbons (Fsp3) is 0.300. The lowest BCUT2D eigenvalue weighted by atomic mass is 10.1. The summed E-state index contributed by atoms with van der Waals surface area (Å²) in [4.78, 5) is 26.4. The third-order valence-corrected chi connectivity index (χ3v) is 1.82. The molecule has 0 N–H and O–H groups in total. The van der Waals surface area contributed by atoms with Crippen molar-refractivity contribution in [1.29, 1.82) is 0 Å². The fourth-order valence-corrected chi connectivity index (χ4v) is 1.10. The molecule has 0 radical (unpaired) electrons. The van der Waals surface area contributed by atoms with Gasteiger partial charge in [-0.25, -0.2) is 9.78 Å². The number of methoxy groups -OCH3 is 2. The largest absolute Gasteiger partial charge is 0.481 e. The molecule has 0 fully saturated rings. The van der Waals surface area contributed by atoms with Crippen LogP contribution in [0.15, 0.2) is 12.1 Å². The lowest BCUT2D eigenvalue weighted by Crippen LogP contribution is -2.11. The quantitative estimate of drug-likeness (QED) is 0.550. The lowest BCUT2D eigenvalue weighted by molar-refractivity contribution is 0.0596. The Morgan fingerprint density at radius 3 is 2.40 bits per heavy atom. The molecule has 0 aliphatic carbocycles. The van der Waals surface area contributed by atoms with Crippen LogP contribution in [0.1, 0.15) is 27.8 Å². The van der Waals surface area contributed by atoms with E-state index >= 15 is 0 Å². The van der Waals surface area contributed by atoms with Crippen molar-refractivity contribution in [3.63, 3.8) is 0 Å². The third-order valence-electron chi connectivity index (χ3n) is 1.82. The number of carbonyl (C=O) groups is 2. The van der Waals surface area contributed by atoms with Crippen molar-refractivity contribution in [3.8, 4) is 5.88 Å². The number of ether oxygens (including phenoxy) is 2. The van der Waals surface area contributed by atoms with Crippen molar-refractivity contribution in [2.75, 3.05) is 14.2 Å². The van der Waals surface area contributed by atoms with Gasteiger partial charge in [0.2, 0.25) is 5.88 Å². The van der Waals surface area contributed by atoms with Crippen LogP contribution < -0.4 is 4.74 Å². The Labute approximate surface area is 87.0 Å². The van der Waals surface area contributed by atoms with Gasteiger partial charge in [-0.1, -0.05) is 0 Å². The zero-order chi connectivity index (χ0) is 11.4. The highest BCUT2D eigenvalue weighted by atomic mass is 16.5. The SMILES string of the molecule is COC(=O)c1ccc(OC)nc1C(C)=O. The maximum Gasteiger partial charge on any atom is 0.340 e. The molecule has 5 heteroatoms. The van der Waals surface area contributed by atoms with Gasteiger partial charge in [0, 0.05) is 13.0 Å². The summed E-state index contributed by atoms with van der Waals surface area (Å²) in [5, 5.41) is 0. The van der Waals surface area contributed by atoms with Crippen molar-refractivity contribution >= 4 is 11.8 Å². The van der Waals surface area contributed by atoms with E-state index in [9.17, 15) is 9.59 Å². The highest BCUT2D eigenvalue weighted by molar-refractivity contribution is 6.03. The van der Waals surface area contributed by atoms with Crippen LogP contribution in [-0.4, -0.2) is 31.0 Å². The van der Waals surface area contributed by atoms with E-state index in [0.29, 0.717) is 0 Å². The summed E-state index contributed by atoms with van der Waals surface area (Å²) in [6, 6.07) is 2.95. The molecule has 0 amide bonds. The second-order valence-electron chi connectivity index (χ2n) is 2.80. The molecule has 0 atom stereocenters. The van der Waals surface area contributed by atoms with Crippen molar-refractivity contribution in [3.05, 3.63) is 23.4 Å². The number of hydrogen-bond donors (Lipinski definition) is 0. The van der Waals surface area contributed by atoms with E-state index in [0.717, 1.165) is 0 Å². The van der Waals surface area contributed by atoms with Crippen LogP contribution in [0.2, 0.25) is 0 Å². The van der Waals surface area contributed by atoms with Crippen LogP contribution in [0.4, 0.5) is 0 Å². The molecule has 0 unspecified atom stereocenters. The molecule has 0 saturated heterocycles. The number of Topliss-reactive ketones (excluding diaryl/α,β-unsaturated/α-hetero) is 1. The van der Waals surface area contributed by atoms with Crippen LogP contribution in [0.5, 0.6) is 5.88 Å². The number of pyridine rings is 1. The van der Waals surface area contributed by atoms with E-state index in [1.54, 1.807) is 0 Å². The Bertz CT molecular complexity index is 400. The third kappa shape index (κ3) is 2.31. The average molecular weight is 209 g/mol. The number of rotatable bonds is 3. The Balaban J connectivity index is 3.27. The summed E-state index contributed by atoms with van der Waals surface area (Å²) in [6.45, 7) is 1.33. The number of hydrogen-bond acceptors (Lipinski definition) is 5.